The highest BCUT2D eigenvalue weighted by Crippen LogP contribution is 2.41. The quantitative estimate of drug-likeness (QED) is 0.810. The molecule has 1 aromatic rings. The number of benzene rings is 1. The summed E-state index contributed by atoms with van der Waals surface area (Å²) < 4.78 is 0. The van der Waals surface area contributed by atoms with E-state index in [1.807, 2.05) is 0 Å². The average Bonchev–Trinajstić information content (AvgIpc) is 3.15. The number of hydrogen-bond acceptors (Lipinski definition) is 2. The lowest BCUT2D eigenvalue weighted by molar-refractivity contribution is 0.119. The minimum atomic E-state index is -0.253. The molecule has 18 heavy (non-hydrogen) atoms. The van der Waals surface area contributed by atoms with E-state index in [0.717, 1.165) is 5.92 Å². The highest BCUT2D eigenvalue weighted by Gasteiger charge is 2.32. The van der Waals surface area contributed by atoms with Crippen molar-refractivity contribution in [2.45, 2.75) is 45.8 Å². The Labute approximate surface area is 110 Å². The molecule has 2 heteroatoms. The van der Waals surface area contributed by atoms with E-state index in [-0.39, 0.29) is 6.10 Å². The van der Waals surface area contributed by atoms with Crippen LogP contribution in [-0.2, 0) is 0 Å². The first-order chi connectivity index (χ1) is 8.58. The maximum absolute atomic E-state index is 9.91. The molecule has 1 fully saturated rings. The lowest BCUT2D eigenvalue weighted by Crippen LogP contribution is -2.34. The molecule has 0 bridgehead atoms. The van der Waals surface area contributed by atoms with Crippen LogP contribution in [-0.4, -0.2) is 17.8 Å². The van der Waals surface area contributed by atoms with Gasteiger partial charge in [-0.3, -0.25) is 0 Å². The minimum absolute atomic E-state index is 0.253. The third-order valence-corrected chi connectivity index (χ3v) is 3.85. The second-order valence-corrected chi connectivity index (χ2v) is 5.95. The summed E-state index contributed by atoms with van der Waals surface area (Å²) in [5, 5.41) is 13.5. The van der Waals surface area contributed by atoms with Crippen LogP contribution >= 0.6 is 0 Å². The lowest BCUT2D eigenvalue weighted by Gasteiger charge is -2.22. The summed E-state index contributed by atoms with van der Waals surface area (Å²) in [4.78, 5) is 0. The monoisotopic (exact) mass is 247 g/mol. The zero-order chi connectivity index (χ0) is 13.1. The average molecular weight is 247 g/mol. The van der Waals surface area contributed by atoms with Gasteiger partial charge in [0.25, 0.3) is 0 Å². The summed E-state index contributed by atoms with van der Waals surface area (Å²) >= 11 is 0. The smallest absolute Gasteiger partial charge is 0.0687 e. The van der Waals surface area contributed by atoms with Gasteiger partial charge in [-0.05, 0) is 37.2 Å². The van der Waals surface area contributed by atoms with E-state index in [0.29, 0.717) is 18.5 Å². The van der Waals surface area contributed by atoms with Gasteiger partial charge in [0.05, 0.1) is 6.10 Å². The number of nitrogens with one attached hydrogen (secondary N) is 1. The molecule has 2 unspecified atom stereocenters. The first kappa shape index (κ1) is 13.6. The van der Waals surface area contributed by atoms with Crippen molar-refractivity contribution in [2.24, 2.45) is 11.8 Å². The SMILES string of the molecule is Cc1ccc(C(NCC(O)C(C)C)C2CC2)cc1. The first-order valence-corrected chi connectivity index (χ1v) is 7.06. The molecule has 2 N–H and O–H groups in total. The Morgan fingerprint density at radius 1 is 1.22 bits per heavy atom. The van der Waals surface area contributed by atoms with Crippen molar-refractivity contribution >= 4 is 0 Å². The fourth-order valence-corrected chi connectivity index (χ4v) is 2.24. The topological polar surface area (TPSA) is 32.3 Å². The summed E-state index contributed by atoms with van der Waals surface area (Å²) in [6.07, 6.45) is 2.36. The van der Waals surface area contributed by atoms with Gasteiger partial charge in [-0.25, -0.2) is 0 Å². The molecule has 2 atom stereocenters. The van der Waals surface area contributed by atoms with Gasteiger partial charge in [0.15, 0.2) is 0 Å². The predicted octanol–water partition coefficient (Wildman–Crippen LogP) is 3.05. The highest BCUT2D eigenvalue weighted by atomic mass is 16.3. The molecule has 0 spiro atoms. The van der Waals surface area contributed by atoms with Crippen molar-refractivity contribution in [3.05, 3.63) is 35.4 Å². The van der Waals surface area contributed by atoms with Crippen LogP contribution in [0.3, 0.4) is 0 Å². The van der Waals surface area contributed by atoms with Gasteiger partial charge >= 0.3 is 0 Å². The zero-order valence-electron chi connectivity index (χ0n) is 11.7. The van der Waals surface area contributed by atoms with E-state index in [1.54, 1.807) is 0 Å². The van der Waals surface area contributed by atoms with Crippen LogP contribution in [0.1, 0.15) is 43.9 Å². The van der Waals surface area contributed by atoms with Crippen LogP contribution < -0.4 is 5.32 Å². The predicted molar refractivity (Wildman–Crippen MR) is 75.5 cm³/mol. The van der Waals surface area contributed by atoms with E-state index in [1.165, 1.54) is 24.0 Å². The molecule has 100 valence electrons. The summed E-state index contributed by atoms with van der Waals surface area (Å²) in [7, 11) is 0. The van der Waals surface area contributed by atoms with Gasteiger partial charge in [-0.15, -0.1) is 0 Å². The van der Waals surface area contributed by atoms with Crippen LogP contribution in [0.15, 0.2) is 24.3 Å². The summed E-state index contributed by atoms with van der Waals surface area (Å²) in [5.74, 6) is 1.07. The Bertz CT molecular complexity index is 367. The zero-order valence-corrected chi connectivity index (χ0v) is 11.7. The summed E-state index contributed by atoms with van der Waals surface area (Å²) in [6, 6.07) is 9.19. The molecule has 2 rings (SSSR count). The molecule has 0 heterocycles. The minimum Gasteiger partial charge on any atom is -0.392 e. The third-order valence-electron chi connectivity index (χ3n) is 3.85. The molecule has 0 aliphatic heterocycles. The fraction of sp³-hybridized carbons (Fsp3) is 0.625. The van der Waals surface area contributed by atoms with E-state index in [2.05, 4.69) is 50.4 Å². The number of aliphatic hydroxyl groups excluding tert-OH is 1. The normalized spacial score (nSPS) is 18.9. The number of rotatable bonds is 6. The van der Waals surface area contributed by atoms with Gasteiger partial charge in [0.1, 0.15) is 0 Å². The standard InChI is InChI=1S/C16H25NO/c1-11(2)15(18)10-17-16(14-8-9-14)13-6-4-12(3)5-7-13/h4-7,11,14-18H,8-10H2,1-3H3. The fourth-order valence-electron chi connectivity index (χ4n) is 2.24. The molecular formula is C16H25NO. The van der Waals surface area contributed by atoms with Crippen LogP contribution in [0.2, 0.25) is 0 Å². The highest BCUT2D eigenvalue weighted by molar-refractivity contribution is 5.25. The molecule has 0 radical (unpaired) electrons. The van der Waals surface area contributed by atoms with Crippen molar-refractivity contribution in [1.29, 1.82) is 0 Å². The number of hydrogen-bond donors (Lipinski definition) is 2. The molecule has 0 amide bonds. The Hall–Kier alpha value is -0.860. The maximum atomic E-state index is 9.91. The van der Waals surface area contributed by atoms with Crippen molar-refractivity contribution < 1.29 is 5.11 Å². The Balaban J connectivity index is 1.98. The Morgan fingerprint density at radius 2 is 1.83 bits per heavy atom. The van der Waals surface area contributed by atoms with Gasteiger partial charge in [0.2, 0.25) is 0 Å². The molecule has 0 aromatic heterocycles. The summed E-state index contributed by atoms with van der Waals surface area (Å²) in [6.45, 7) is 6.92. The number of aliphatic hydroxyl groups is 1. The van der Waals surface area contributed by atoms with Gasteiger partial charge in [-0.2, -0.15) is 0 Å². The Kier molecular flexibility index (Phi) is 4.41. The molecule has 2 nitrogen and oxygen atoms in total. The molecule has 1 aliphatic rings. The van der Waals surface area contributed by atoms with Crippen LogP contribution in [0.25, 0.3) is 0 Å². The summed E-state index contributed by atoms with van der Waals surface area (Å²) in [5.41, 5.74) is 2.66. The molecule has 0 saturated heterocycles. The van der Waals surface area contributed by atoms with Crippen LogP contribution in [0.5, 0.6) is 0 Å². The maximum Gasteiger partial charge on any atom is 0.0687 e. The largest absolute Gasteiger partial charge is 0.392 e. The molecule has 1 aliphatic carbocycles. The van der Waals surface area contributed by atoms with Crippen molar-refractivity contribution in [1.82, 2.24) is 5.32 Å². The van der Waals surface area contributed by atoms with Gasteiger partial charge in [-0.1, -0.05) is 43.7 Å². The number of aryl methyl sites for hydroxylation is 1. The van der Waals surface area contributed by atoms with Crippen LogP contribution in [0.4, 0.5) is 0 Å². The third kappa shape index (κ3) is 3.56. The molecule has 1 aromatic carbocycles. The van der Waals surface area contributed by atoms with Gasteiger partial charge < -0.3 is 10.4 Å². The Morgan fingerprint density at radius 3 is 2.33 bits per heavy atom. The lowest BCUT2D eigenvalue weighted by atomic mass is 10.00. The molecular weight excluding hydrogens is 222 g/mol. The van der Waals surface area contributed by atoms with Crippen molar-refractivity contribution in [3.8, 4) is 0 Å². The molecule has 1 saturated carbocycles. The van der Waals surface area contributed by atoms with E-state index >= 15 is 0 Å². The second kappa shape index (κ2) is 5.85. The van der Waals surface area contributed by atoms with Crippen LogP contribution in [0, 0.1) is 18.8 Å². The van der Waals surface area contributed by atoms with E-state index in [4.69, 9.17) is 0 Å². The van der Waals surface area contributed by atoms with Crippen molar-refractivity contribution in [3.63, 3.8) is 0 Å². The van der Waals surface area contributed by atoms with Gasteiger partial charge in [0, 0.05) is 12.6 Å². The van der Waals surface area contributed by atoms with Crippen molar-refractivity contribution in [2.75, 3.05) is 6.54 Å². The van der Waals surface area contributed by atoms with E-state index in [9.17, 15) is 5.11 Å². The second-order valence-electron chi connectivity index (χ2n) is 5.95. The first-order valence-electron chi connectivity index (χ1n) is 7.06. The van der Waals surface area contributed by atoms with E-state index < -0.39 is 0 Å².